The molecule has 27 heavy (non-hydrogen) atoms. The molecule has 0 spiro atoms. The number of aromatic nitrogens is 1. The summed E-state index contributed by atoms with van der Waals surface area (Å²) in [6, 6.07) is 5.93. The lowest BCUT2D eigenvalue weighted by molar-refractivity contribution is -0.0201. The molecule has 8 heteroatoms. The van der Waals surface area contributed by atoms with E-state index in [9.17, 15) is 5.11 Å². The third-order valence-electron chi connectivity index (χ3n) is 4.30. The molecule has 3 N–H and O–H groups in total. The second-order valence-electron chi connectivity index (χ2n) is 7.32. The van der Waals surface area contributed by atoms with Crippen molar-refractivity contribution in [3.05, 3.63) is 23.9 Å². The molecule has 1 atom stereocenters. The first-order valence-electron chi connectivity index (χ1n) is 9.57. The summed E-state index contributed by atoms with van der Waals surface area (Å²) >= 11 is 0. The largest absolute Gasteiger partial charge is 0.387 e. The number of β-amino-alcohol motifs (C(OH)–C–C–N with tert-alkyl or cyclic N) is 1. The number of nitrogens with zero attached hydrogens (tertiary/aromatic N) is 4. The lowest BCUT2D eigenvalue weighted by Gasteiger charge is -2.34. The summed E-state index contributed by atoms with van der Waals surface area (Å²) in [5, 5.41) is 17.2. The van der Waals surface area contributed by atoms with Crippen LogP contribution in [-0.4, -0.2) is 86.6 Å². The Morgan fingerprint density at radius 2 is 2.07 bits per heavy atom. The van der Waals surface area contributed by atoms with Crippen LogP contribution < -0.4 is 15.5 Å². The highest BCUT2D eigenvalue weighted by molar-refractivity contribution is 5.79. The van der Waals surface area contributed by atoms with Crippen molar-refractivity contribution in [3.63, 3.8) is 0 Å². The Hall–Kier alpha value is -1.90. The summed E-state index contributed by atoms with van der Waals surface area (Å²) in [5.41, 5.74) is 0.0508. The van der Waals surface area contributed by atoms with Crippen LogP contribution in [-0.2, 0) is 11.3 Å². The van der Waals surface area contributed by atoms with Crippen molar-refractivity contribution >= 4 is 11.8 Å². The van der Waals surface area contributed by atoms with Crippen molar-refractivity contribution in [1.29, 1.82) is 0 Å². The quantitative estimate of drug-likeness (QED) is 0.443. The molecular formula is C19H34N6O2. The number of aliphatic imine (C=N–C) groups is 1. The minimum atomic E-state index is -0.851. The number of nitrogens with one attached hydrogen (secondary N) is 2. The average Bonchev–Trinajstić information content (AvgIpc) is 2.64. The van der Waals surface area contributed by atoms with E-state index >= 15 is 0 Å². The minimum Gasteiger partial charge on any atom is -0.387 e. The molecule has 2 heterocycles. The van der Waals surface area contributed by atoms with Crippen LogP contribution in [0.3, 0.4) is 0 Å². The van der Waals surface area contributed by atoms with Crippen molar-refractivity contribution in [2.24, 2.45) is 4.99 Å². The third-order valence-corrected chi connectivity index (χ3v) is 4.30. The van der Waals surface area contributed by atoms with Crippen molar-refractivity contribution in [3.8, 4) is 0 Å². The fourth-order valence-electron chi connectivity index (χ4n) is 2.88. The van der Waals surface area contributed by atoms with Crippen LogP contribution >= 0.6 is 0 Å². The van der Waals surface area contributed by atoms with E-state index in [1.165, 1.54) is 0 Å². The number of hydrogen-bond donors (Lipinski definition) is 3. The maximum absolute atomic E-state index is 10.7. The first-order valence-corrected chi connectivity index (χ1v) is 9.57. The molecule has 152 valence electrons. The Labute approximate surface area is 162 Å². The molecule has 0 radical (unpaired) electrons. The molecule has 0 aliphatic carbocycles. The summed E-state index contributed by atoms with van der Waals surface area (Å²) in [5.74, 6) is 1.59. The number of hydrogen-bond acceptors (Lipinski definition) is 6. The average molecular weight is 379 g/mol. The molecule has 0 saturated carbocycles. The fourth-order valence-corrected chi connectivity index (χ4v) is 2.88. The fraction of sp³-hybridized carbons (Fsp3) is 0.684. The highest BCUT2D eigenvalue weighted by Gasteiger charge is 2.25. The Bertz CT molecular complexity index is 600. The molecule has 1 fully saturated rings. The van der Waals surface area contributed by atoms with Crippen LogP contribution in [0.4, 0.5) is 5.82 Å². The zero-order valence-electron chi connectivity index (χ0n) is 17.0. The smallest absolute Gasteiger partial charge is 0.191 e. The van der Waals surface area contributed by atoms with Crippen molar-refractivity contribution < 1.29 is 9.84 Å². The second kappa shape index (κ2) is 10.4. The Morgan fingerprint density at radius 1 is 1.33 bits per heavy atom. The molecule has 1 aromatic heterocycles. The molecular weight excluding hydrogens is 344 g/mol. The zero-order valence-corrected chi connectivity index (χ0v) is 17.0. The summed E-state index contributed by atoms with van der Waals surface area (Å²) in [6.45, 7) is 9.30. The van der Waals surface area contributed by atoms with Crippen LogP contribution in [0.15, 0.2) is 23.2 Å². The lowest BCUT2D eigenvalue weighted by Crippen LogP contribution is -2.52. The number of guanidine groups is 1. The van der Waals surface area contributed by atoms with Gasteiger partial charge in [-0.2, -0.15) is 0 Å². The van der Waals surface area contributed by atoms with Crippen molar-refractivity contribution in [2.45, 2.75) is 26.0 Å². The van der Waals surface area contributed by atoms with Gasteiger partial charge in [0.15, 0.2) is 5.96 Å². The van der Waals surface area contributed by atoms with Gasteiger partial charge in [-0.25, -0.2) is 9.98 Å². The topological polar surface area (TPSA) is 85.2 Å². The van der Waals surface area contributed by atoms with E-state index in [0.717, 1.165) is 44.4 Å². The first kappa shape index (κ1) is 21.4. The number of morpholine rings is 1. The molecule has 1 saturated heterocycles. The number of anilines is 1. The van der Waals surface area contributed by atoms with Crippen LogP contribution in [0.2, 0.25) is 0 Å². The van der Waals surface area contributed by atoms with Crippen LogP contribution in [0.5, 0.6) is 0 Å². The Balaban J connectivity index is 1.91. The lowest BCUT2D eigenvalue weighted by atomic mass is 10.1. The van der Waals surface area contributed by atoms with Gasteiger partial charge >= 0.3 is 0 Å². The van der Waals surface area contributed by atoms with Crippen molar-refractivity contribution in [1.82, 2.24) is 20.5 Å². The van der Waals surface area contributed by atoms with Crippen LogP contribution in [0.1, 0.15) is 19.5 Å². The van der Waals surface area contributed by atoms with E-state index in [-0.39, 0.29) is 0 Å². The zero-order chi connectivity index (χ0) is 19.7. The van der Waals surface area contributed by atoms with Gasteiger partial charge < -0.3 is 25.4 Å². The molecule has 0 bridgehead atoms. The van der Waals surface area contributed by atoms with Gasteiger partial charge in [-0.1, -0.05) is 6.07 Å². The normalized spacial score (nSPS) is 18.0. The molecule has 0 aromatic carbocycles. The molecule has 1 aliphatic rings. The number of rotatable bonds is 8. The maximum atomic E-state index is 10.7. The summed E-state index contributed by atoms with van der Waals surface area (Å²) in [6.07, 6.45) is 0. The predicted octanol–water partition coefficient (Wildman–Crippen LogP) is 0.286. The number of aliphatic hydroxyl groups is 1. The van der Waals surface area contributed by atoms with E-state index < -0.39 is 5.60 Å². The molecule has 0 amide bonds. The van der Waals surface area contributed by atoms with Gasteiger partial charge in [-0.15, -0.1) is 0 Å². The number of ether oxygens (including phenoxy) is 1. The second-order valence-corrected chi connectivity index (χ2v) is 7.32. The third kappa shape index (κ3) is 7.70. The van der Waals surface area contributed by atoms with Gasteiger partial charge in [0.25, 0.3) is 0 Å². The first-order chi connectivity index (χ1) is 12.9. The van der Waals surface area contributed by atoms with Gasteiger partial charge in [0.2, 0.25) is 0 Å². The summed E-state index contributed by atoms with van der Waals surface area (Å²) in [7, 11) is 3.94. The minimum absolute atomic E-state index is 0.418. The monoisotopic (exact) mass is 378 g/mol. The van der Waals surface area contributed by atoms with Gasteiger partial charge in [-0.3, -0.25) is 4.90 Å². The van der Waals surface area contributed by atoms with E-state index in [1.54, 1.807) is 0 Å². The van der Waals surface area contributed by atoms with E-state index in [4.69, 9.17) is 4.74 Å². The molecule has 1 aromatic rings. The summed E-state index contributed by atoms with van der Waals surface area (Å²) in [4.78, 5) is 13.4. The van der Waals surface area contributed by atoms with E-state index in [1.807, 2.05) is 51.0 Å². The maximum Gasteiger partial charge on any atom is 0.191 e. The highest BCUT2D eigenvalue weighted by atomic mass is 16.5. The molecule has 8 nitrogen and oxygen atoms in total. The Kier molecular flexibility index (Phi) is 8.27. The predicted molar refractivity (Wildman–Crippen MR) is 109 cm³/mol. The van der Waals surface area contributed by atoms with Crippen LogP contribution in [0, 0.1) is 0 Å². The van der Waals surface area contributed by atoms with Crippen molar-refractivity contribution in [2.75, 3.05) is 64.9 Å². The molecule has 1 aliphatic heterocycles. The summed E-state index contributed by atoms with van der Waals surface area (Å²) < 4.78 is 5.36. The van der Waals surface area contributed by atoms with Gasteiger partial charge in [-0.05, 0) is 26.0 Å². The molecule has 2 rings (SSSR count). The Morgan fingerprint density at radius 3 is 2.74 bits per heavy atom. The van der Waals surface area contributed by atoms with Crippen LogP contribution in [0.25, 0.3) is 0 Å². The van der Waals surface area contributed by atoms with Gasteiger partial charge in [0, 0.05) is 46.8 Å². The standard InChI is InChI=1S/C19H34N6O2/c1-5-20-18(21-13-16-7-6-8-17(23-16)24(3)4)22-14-19(2,26)15-25-9-11-27-12-10-25/h6-8,26H,5,9-15H2,1-4H3,(H2,20,21,22). The van der Waals surface area contributed by atoms with E-state index in [0.29, 0.717) is 25.6 Å². The van der Waals surface area contributed by atoms with E-state index in [2.05, 4.69) is 25.5 Å². The SMILES string of the molecule is CCNC(=NCc1cccc(N(C)C)n1)NCC(C)(O)CN1CCOCC1. The highest BCUT2D eigenvalue weighted by Crippen LogP contribution is 2.09. The van der Waals surface area contributed by atoms with Gasteiger partial charge in [0.1, 0.15) is 5.82 Å². The molecule has 1 unspecified atom stereocenters. The van der Waals surface area contributed by atoms with Gasteiger partial charge in [0.05, 0.1) is 31.1 Å². The number of pyridine rings is 1.